The first kappa shape index (κ1) is 13.4. The minimum atomic E-state index is -0.0391. The number of rotatable bonds is 2. The number of hydrogen-bond donors (Lipinski definition) is 0. The number of anilines is 1. The molecule has 0 unspecified atom stereocenters. The standard InChI is InChI=1S/C13H12ClIN2O/c1-16-7-3-4-12(16)13(18)17(2)11-6-5-9(14)8-10(11)15/h3-8H,1-2H3. The van der Waals surface area contributed by atoms with E-state index in [1.165, 1.54) is 0 Å². The summed E-state index contributed by atoms with van der Waals surface area (Å²) in [6.45, 7) is 0. The van der Waals surface area contributed by atoms with Crippen molar-refractivity contribution in [1.29, 1.82) is 0 Å². The van der Waals surface area contributed by atoms with Crippen molar-refractivity contribution in [2.24, 2.45) is 7.05 Å². The van der Waals surface area contributed by atoms with E-state index in [4.69, 9.17) is 11.6 Å². The molecule has 0 radical (unpaired) electrons. The van der Waals surface area contributed by atoms with Gasteiger partial charge in [0.05, 0.1) is 5.69 Å². The summed E-state index contributed by atoms with van der Waals surface area (Å²) in [6, 6.07) is 9.14. The van der Waals surface area contributed by atoms with Crippen molar-refractivity contribution in [2.75, 3.05) is 11.9 Å². The molecule has 18 heavy (non-hydrogen) atoms. The maximum atomic E-state index is 12.3. The van der Waals surface area contributed by atoms with Gasteiger partial charge in [-0.25, -0.2) is 0 Å². The average Bonchev–Trinajstić information content (AvgIpc) is 2.74. The number of nitrogens with zero attached hydrogens (tertiary/aromatic N) is 2. The van der Waals surface area contributed by atoms with Gasteiger partial charge in [-0.15, -0.1) is 0 Å². The topological polar surface area (TPSA) is 25.2 Å². The summed E-state index contributed by atoms with van der Waals surface area (Å²) in [5, 5.41) is 0.669. The summed E-state index contributed by atoms with van der Waals surface area (Å²) < 4.78 is 2.76. The molecule has 2 aromatic rings. The van der Waals surface area contributed by atoms with E-state index in [1.807, 2.05) is 42.1 Å². The van der Waals surface area contributed by atoms with Crippen LogP contribution in [0.5, 0.6) is 0 Å². The van der Waals surface area contributed by atoms with Crippen molar-refractivity contribution in [3.8, 4) is 0 Å². The highest BCUT2D eigenvalue weighted by Crippen LogP contribution is 2.26. The highest BCUT2D eigenvalue weighted by molar-refractivity contribution is 14.1. The van der Waals surface area contributed by atoms with E-state index in [0.717, 1.165) is 9.26 Å². The molecule has 94 valence electrons. The molecule has 3 nitrogen and oxygen atoms in total. The highest BCUT2D eigenvalue weighted by Gasteiger charge is 2.17. The monoisotopic (exact) mass is 374 g/mol. The molecule has 0 saturated carbocycles. The van der Waals surface area contributed by atoms with Gasteiger partial charge in [0, 0.05) is 28.9 Å². The Balaban J connectivity index is 2.34. The Morgan fingerprint density at radius 3 is 2.67 bits per heavy atom. The summed E-state index contributed by atoms with van der Waals surface area (Å²) in [7, 11) is 3.62. The zero-order chi connectivity index (χ0) is 13.3. The molecule has 0 N–H and O–H groups in total. The highest BCUT2D eigenvalue weighted by atomic mass is 127. The number of hydrogen-bond acceptors (Lipinski definition) is 1. The van der Waals surface area contributed by atoms with Gasteiger partial charge < -0.3 is 9.47 Å². The van der Waals surface area contributed by atoms with Crippen LogP contribution in [0.2, 0.25) is 5.02 Å². The maximum Gasteiger partial charge on any atom is 0.274 e. The fourth-order valence-electron chi connectivity index (χ4n) is 1.72. The van der Waals surface area contributed by atoms with Crippen LogP contribution in [0.4, 0.5) is 5.69 Å². The van der Waals surface area contributed by atoms with E-state index in [0.29, 0.717) is 10.7 Å². The molecule has 0 atom stereocenters. The number of aryl methyl sites for hydroxylation is 1. The number of amides is 1. The average molecular weight is 375 g/mol. The predicted molar refractivity (Wildman–Crippen MR) is 82.3 cm³/mol. The Labute approximate surface area is 124 Å². The molecular weight excluding hydrogens is 363 g/mol. The van der Waals surface area contributed by atoms with Crippen LogP contribution in [-0.2, 0) is 7.05 Å². The molecule has 1 aromatic carbocycles. The largest absolute Gasteiger partial charge is 0.347 e. The predicted octanol–water partition coefficient (Wildman–Crippen LogP) is 3.56. The van der Waals surface area contributed by atoms with E-state index in [1.54, 1.807) is 18.0 Å². The van der Waals surface area contributed by atoms with E-state index in [-0.39, 0.29) is 5.91 Å². The fraction of sp³-hybridized carbons (Fsp3) is 0.154. The van der Waals surface area contributed by atoms with Gasteiger partial charge in [-0.2, -0.15) is 0 Å². The fourth-order valence-corrected chi connectivity index (χ4v) is 2.95. The Hall–Kier alpha value is -1.01. The zero-order valence-corrected chi connectivity index (χ0v) is 12.9. The quantitative estimate of drug-likeness (QED) is 0.738. The third-order valence-corrected chi connectivity index (χ3v) is 3.84. The summed E-state index contributed by atoms with van der Waals surface area (Å²) >= 11 is 8.09. The number of carbonyl (C=O) groups is 1. The minimum Gasteiger partial charge on any atom is -0.347 e. The van der Waals surface area contributed by atoms with Crippen LogP contribution in [0.3, 0.4) is 0 Å². The molecule has 1 heterocycles. The van der Waals surface area contributed by atoms with Gasteiger partial charge in [0.2, 0.25) is 0 Å². The smallest absolute Gasteiger partial charge is 0.274 e. The lowest BCUT2D eigenvalue weighted by atomic mass is 10.2. The van der Waals surface area contributed by atoms with Gasteiger partial charge in [0.25, 0.3) is 5.91 Å². The SMILES string of the molecule is CN(C(=O)c1cccn1C)c1ccc(Cl)cc1I. The van der Waals surface area contributed by atoms with Gasteiger partial charge in [-0.1, -0.05) is 11.6 Å². The third-order valence-electron chi connectivity index (χ3n) is 2.74. The van der Waals surface area contributed by atoms with Crippen LogP contribution >= 0.6 is 34.2 Å². The second-order valence-corrected chi connectivity index (χ2v) is 5.56. The molecule has 0 aliphatic rings. The normalized spacial score (nSPS) is 10.4. The van der Waals surface area contributed by atoms with Gasteiger partial charge in [0.15, 0.2) is 0 Å². The number of halogens is 2. The number of aromatic nitrogens is 1. The lowest BCUT2D eigenvalue weighted by molar-refractivity contribution is 0.0985. The lowest BCUT2D eigenvalue weighted by Crippen LogP contribution is -2.28. The summed E-state index contributed by atoms with van der Waals surface area (Å²) in [5.74, 6) is -0.0391. The molecule has 1 aromatic heterocycles. The molecule has 0 spiro atoms. The van der Waals surface area contributed by atoms with Crippen LogP contribution in [0.1, 0.15) is 10.5 Å². The van der Waals surface area contributed by atoms with Crippen LogP contribution in [0.15, 0.2) is 36.5 Å². The molecule has 5 heteroatoms. The molecule has 2 rings (SSSR count). The van der Waals surface area contributed by atoms with E-state index >= 15 is 0 Å². The van der Waals surface area contributed by atoms with Gasteiger partial charge in [-0.05, 0) is 52.9 Å². The molecule has 0 aliphatic carbocycles. The first-order chi connectivity index (χ1) is 8.50. The second kappa shape index (κ2) is 5.32. The van der Waals surface area contributed by atoms with Gasteiger partial charge >= 0.3 is 0 Å². The Morgan fingerprint density at radius 2 is 2.11 bits per heavy atom. The first-order valence-electron chi connectivity index (χ1n) is 5.35. The van der Waals surface area contributed by atoms with Crippen molar-refractivity contribution in [3.63, 3.8) is 0 Å². The van der Waals surface area contributed by atoms with Crippen molar-refractivity contribution < 1.29 is 4.79 Å². The van der Waals surface area contributed by atoms with Crippen LogP contribution in [0.25, 0.3) is 0 Å². The Kier molecular flexibility index (Phi) is 3.97. The Bertz CT molecular complexity index is 594. The van der Waals surface area contributed by atoms with Gasteiger partial charge in [-0.3, -0.25) is 4.79 Å². The Morgan fingerprint density at radius 1 is 1.39 bits per heavy atom. The van der Waals surface area contributed by atoms with Gasteiger partial charge in [0.1, 0.15) is 5.69 Å². The molecule has 0 aliphatic heterocycles. The van der Waals surface area contributed by atoms with Crippen molar-refractivity contribution in [2.45, 2.75) is 0 Å². The van der Waals surface area contributed by atoms with Crippen LogP contribution in [-0.4, -0.2) is 17.5 Å². The molecule has 0 saturated heterocycles. The third kappa shape index (κ3) is 2.54. The summed E-state index contributed by atoms with van der Waals surface area (Å²) in [4.78, 5) is 14.0. The van der Waals surface area contributed by atoms with Crippen LogP contribution < -0.4 is 4.90 Å². The van der Waals surface area contributed by atoms with Crippen molar-refractivity contribution in [3.05, 3.63) is 50.8 Å². The van der Waals surface area contributed by atoms with E-state index in [2.05, 4.69) is 22.6 Å². The minimum absolute atomic E-state index is 0.0391. The second-order valence-electron chi connectivity index (χ2n) is 3.96. The van der Waals surface area contributed by atoms with Crippen molar-refractivity contribution in [1.82, 2.24) is 4.57 Å². The van der Waals surface area contributed by atoms with Crippen LogP contribution in [0, 0.1) is 3.57 Å². The molecule has 1 amide bonds. The van der Waals surface area contributed by atoms with Crippen molar-refractivity contribution >= 4 is 45.8 Å². The maximum absolute atomic E-state index is 12.3. The molecule has 0 bridgehead atoms. The molecular formula is C13H12ClIN2O. The summed E-state index contributed by atoms with van der Waals surface area (Å²) in [6.07, 6.45) is 1.86. The van der Waals surface area contributed by atoms with E-state index < -0.39 is 0 Å². The first-order valence-corrected chi connectivity index (χ1v) is 6.81. The lowest BCUT2D eigenvalue weighted by Gasteiger charge is -2.19. The number of benzene rings is 1. The summed E-state index contributed by atoms with van der Waals surface area (Å²) in [5.41, 5.74) is 1.51. The van der Waals surface area contributed by atoms with E-state index in [9.17, 15) is 4.79 Å². The molecule has 0 fully saturated rings. The zero-order valence-electron chi connectivity index (χ0n) is 10.0. The number of carbonyl (C=O) groups excluding carboxylic acids is 1.